The second-order valence-electron chi connectivity index (χ2n) is 7.84. The first kappa shape index (κ1) is 20.9. The number of aryl methyl sites for hydroxylation is 1. The van der Waals surface area contributed by atoms with E-state index in [1.807, 2.05) is 42.2 Å². The predicted octanol–water partition coefficient (Wildman–Crippen LogP) is 4.96. The molecule has 0 unspecified atom stereocenters. The van der Waals surface area contributed by atoms with E-state index in [0.29, 0.717) is 37.2 Å². The predicted molar refractivity (Wildman–Crippen MR) is 117 cm³/mol. The van der Waals surface area contributed by atoms with Crippen molar-refractivity contribution in [2.24, 2.45) is 13.0 Å². The van der Waals surface area contributed by atoms with E-state index in [1.165, 1.54) is 12.1 Å². The lowest BCUT2D eigenvalue weighted by Gasteiger charge is -2.23. The van der Waals surface area contributed by atoms with Crippen molar-refractivity contribution in [1.82, 2.24) is 20.0 Å². The van der Waals surface area contributed by atoms with Crippen LogP contribution in [0.1, 0.15) is 25.3 Å². The maximum absolute atomic E-state index is 13.7. The molecule has 0 atom stereocenters. The van der Waals surface area contributed by atoms with E-state index < -0.39 is 0 Å². The first-order valence-corrected chi connectivity index (χ1v) is 10.6. The van der Waals surface area contributed by atoms with Gasteiger partial charge in [-0.05, 0) is 37.8 Å². The number of carbonyl (C=O) groups excluding carboxylic acids is 1. The standard InChI is InChI=1S/C24H27FN4O2/c1-3-26-24(30)29(15-17-12-13-17)16-21-22(18-8-5-4-6-9-18)27-28(2)23(21)31-20-11-7-10-19(25)14-20/h4-11,14,17H,3,12-13,15-16H2,1-2H3,(H,26,30). The summed E-state index contributed by atoms with van der Waals surface area (Å²) in [5.41, 5.74) is 2.48. The number of nitrogens with zero attached hydrogens (tertiary/aromatic N) is 3. The van der Waals surface area contributed by atoms with E-state index >= 15 is 0 Å². The van der Waals surface area contributed by atoms with E-state index in [-0.39, 0.29) is 11.8 Å². The molecule has 2 amide bonds. The van der Waals surface area contributed by atoms with E-state index in [4.69, 9.17) is 9.84 Å². The Morgan fingerprint density at radius 1 is 1.23 bits per heavy atom. The summed E-state index contributed by atoms with van der Waals surface area (Å²) in [6, 6.07) is 15.7. The van der Waals surface area contributed by atoms with Crippen LogP contribution in [0.15, 0.2) is 54.6 Å². The number of carbonyl (C=O) groups is 1. The molecule has 0 saturated heterocycles. The Bertz CT molecular complexity index is 1050. The zero-order chi connectivity index (χ0) is 21.8. The van der Waals surface area contributed by atoms with Gasteiger partial charge >= 0.3 is 6.03 Å². The molecule has 162 valence electrons. The molecule has 2 aromatic carbocycles. The number of hydrogen-bond donors (Lipinski definition) is 1. The number of aromatic nitrogens is 2. The number of urea groups is 1. The highest BCUT2D eigenvalue weighted by atomic mass is 19.1. The van der Waals surface area contributed by atoms with Gasteiger partial charge in [-0.3, -0.25) is 0 Å². The highest BCUT2D eigenvalue weighted by Crippen LogP contribution is 2.36. The highest BCUT2D eigenvalue weighted by Gasteiger charge is 2.29. The van der Waals surface area contributed by atoms with Crippen molar-refractivity contribution >= 4 is 6.03 Å². The van der Waals surface area contributed by atoms with Crippen LogP contribution in [0.2, 0.25) is 0 Å². The van der Waals surface area contributed by atoms with Crippen molar-refractivity contribution in [3.63, 3.8) is 0 Å². The molecule has 1 heterocycles. The van der Waals surface area contributed by atoms with Gasteiger partial charge in [0.1, 0.15) is 17.3 Å². The number of halogens is 1. The van der Waals surface area contributed by atoms with Crippen LogP contribution in [0, 0.1) is 11.7 Å². The third kappa shape index (κ3) is 5.05. The summed E-state index contributed by atoms with van der Waals surface area (Å²) in [6.45, 7) is 3.51. The van der Waals surface area contributed by atoms with E-state index in [0.717, 1.165) is 29.7 Å². The molecular formula is C24H27FN4O2. The number of ether oxygens (including phenoxy) is 1. The summed E-state index contributed by atoms with van der Waals surface area (Å²) >= 11 is 0. The molecule has 1 N–H and O–H groups in total. The molecule has 1 aromatic heterocycles. The number of amides is 2. The minimum atomic E-state index is -0.373. The maximum Gasteiger partial charge on any atom is 0.317 e. The summed E-state index contributed by atoms with van der Waals surface area (Å²) in [4.78, 5) is 14.6. The topological polar surface area (TPSA) is 59.4 Å². The van der Waals surface area contributed by atoms with Crippen LogP contribution in [0.5, 0.6) is 11.6 Å². The quantitative estimate of drug-likeness (QED) is 0.558. The van der Waals surface area contributed by atoms with Gasteiger partial charge < -0.3 is 15.0 Å². The largest absolute Gasteiger partial charge is 0.439 e. The van der Waals surface area contributed by atoms with Crippen LogP contribution in [-0.4, -0.2) is 33.8 Å². The van der Waals surface area contributed by atoms with Crippen molar-refractivity contribution in [3.8, 4) is 22.9 Å². The summed E-state index contributed by atoms with van der Waals surface area (Å²) in [5.74, 6) is 1.04. The van der Waals surface area contributed by atoms with Gasteiger partial charge in [0.25, 0.3) is 0 Å². The molecule has 7 heteroatoms. The van der Waals surface area contributed by atoms with Crippen molar-refractivity contribution < 1.29 is 13.9 Å². The van der Waals surface area contributed by atoms with Gasteiger partial charge in [0, 0.05) is 31.8 Å². The van der Waals surface area contributed by atoms with Crippen LogP contribution in [0.3, 0.4) is 0 Å². The smallest absolute Gasteiger partial charge is 0.317 e. The van der Waals surface area contributed by atoms with Crippen LogP contribution in [0.25, 0.3) is 11.3 Å². The molecule has 0 radical (unpaired) electrons. The zero-order valence-corrected chi connectivity index (χ0v) is 17.8. The number of benzene rings is 2. The second-order valence-corrected chi connectivity index (χ2v) is 7.84. The summed E-state index contributed by atoms with van der Waals surface area (Å²) in [5, 5.41) is 7.60. The molecule has 4 rings (SSSR count). The minimum absolute atomic E-state index is 0.103. The summed E-state index contributed by atoms with van der Waals surface area (Å²) < 4.78 is 21.5. The molecule has 0 aliphatic heterocycles. The zero-order valence-electron chi connectivity index (χ0n) is 17.8. The molecule has 1 aliphatic rings. The molecule has 3 aromatic rings. The van der Waals surface area contributed by atoms with Crippen LogP contribution in [0.4, 0.5) is 9.18 Å². The average molecular weight is 423 g/mol. The van der Waals surface area contributed by atoms with Crippen molar-refractivity contribution in [3.05, 3.63) is 66.0 Å². The summed E-state index contributed by atoms with van der Waals surface area (Å²) in [6.07, 6.45) is 2.28. The molecule has 0 bridgehead atoms. The molecule has 1 aliphatic carbocycles. The molecule has 31 heavy (non-hydrogen) atoms. The SMILES string of the molecule is CCNC(=O)N(Cc1c(-c2ccccc2)nn(C)c1Oc1cccc(F)c1)CC1CC1. The van der Waals surface area contributed by atoms with Gasteiger partial charge in [0.2, 0.25) is 5.88 Å². The lowest BCUT2D eigenvalue weighted by Crippen LogP contribution is -2.40. The fourth-order valence-corrected chi connectivity index (χ4v) is 3.58. The van der Waals surface area contributed by atoms with Crippen molar-refractivity contribution in [2.75, 3.05) is 13.1 Å². The molecule has 1 saturated carbocycles. The maximum atomic E-state index is 13.7. The number of rotatable bonds is 8. The first-order chi connectivity index (χ1) is 15.0. The van der Waals surface area contributed by atoms with Gasteiger partial charge in [0.05, 0.1) is 12.1 Å². The second kappa shape index (κ2) is 9.20. The molecule has 6 nitrogen and oxygen atoms in total. The van der Waals surface area contributed by atoms with E-state index in [2.05, 4.69) is 5.32 Å². The van der Waals surface area contributed by atoms with Gasteiger partial charge in [-0.25, -0.2) is 13.9 Å². The molecule has 1 fully saturated rings. The third-order valence-corrected chi connectivity index (χ3v) is 5.29. The molecular weight excluding hydrogens is 395 g/mol. The average Bonchev–Trinajstić information content (AvgIpc) is 3.53. The fraction of sp³-hybridized carbons (Fsp3) is 0.333. The van der Waals surface area contributed by atoms with Crippen molar-refractivity contribution in [1.29, 1.82) is 0 Å². The number of nitrogens with one attached hydrogen (secondary N) is 1. The van der Waals surface area contributed by atoms with Crippen molar-refractivity contribution in [2.45, 2.75) is 26.3 Å². The van der Waals surface area contributed by atoms with Gasteiger partial charge in [-0.1, -0.05) is 36.4 Å². The van der Waals surface area contributed by atoms with Crippen LogP contribution < -0.4 is 10.1 Å². The Labute approximate surface area is 181 Å². The highest BCUT2D eigenvalue weighted by molar-refractivity contribution is 5.75. The lowest BCUT2D eigenvalue weighted by molar-refractivity contribution is 0.192. The monoisotopic (exact) mass is 422 g/mol. The fourth-order valence-electron chi connectivity index (χ4n) is 3.58. The van der Waals surface area contributed by atoms with E-state index in [9.17, 15) is 9.18 Å². The van der Waals surface area contributed by atoms with Gasteiger partial charge in [0.15, 0.2) is 0 Å². The normalized spacial score (nSPS) is 13.1. The number of hydrogen-bond acceptors (Lipinski definition) is 3. The third-order valence-electron chi connectivity index (χ3n) is 5.29. The Morgan fingerprint density at radius 2 is 2.00 bits per heavy atom. The Kier molecular flexibility index (Phi) is 6.21. The van der Waals surface area contributed by atoms with E-state index in [1.54, 1.807) is 23.9 Å². The lowest BCUT2D eigenvalue weighted by atomic mass is 10.1. The Hall–Kier alpha value is -3.35. The Morgan fingerprint density at radius 3 is 2.68 bits per heavy atom. The minimum Gasteiger partial charge on any atom is -0.439 e. The van der Waals surface area contributed by atoms with Crippen LogP contribution >= 0.6 is 0 Å². The Balaban J connectivity index is 1.74. The van der Waals surface area contributed by atoms with Gasteiger partial charge in [-0.15, -0.1) is 0 Å². The molecule has 0 spiro atoms. The summed E-state index contributed by atoms with van der Waals surface area (Å²) in [7, 11) is 1.79. The van der Waals surface area contributed by atoms with Crippen LogP contribution in [-0.2, 0) is 13.6 Å². The first-order valence-electron chi connectivity index (χ1n) is 10.6. The van der Waals surface area contributed by atoms with Gasteiger partial charge in [-0.2, -0.15) is 5.10 Å².